The van der Waals surface area contributed by atoms with Crippen molar-refractivity contribution in [2.75, 3.05) is 10.8 Å². The number of hydrogen-bond donors (Lipinski definition) is 3. The zero-order chi connectivity index (χ0) is 23.3. The molecule has 5 rings (SSSR count). The van der Waals surface area contributed by atoms with Crippen LogP contribution in [0.3, 0.4) is 0 Å². The number of anilines is 1. The number of nitrogens with two attached hydrogens (primary N) is 2. The van der Waals surface area contributed by atoms with Gasteiger partial charge in [0.05, 0.1) is 22.3 Å². The van der Waals surface area contributed by atoms with Crippen LogP contribution in [0.1, 0.15) is 23.7 Å². The van der Waals surface area contributed by atoms with E-state index in [-0.39, 0.29) is 23.4 Å². The molecular weight excluding hydrogens is 452 g/mol. The van der Waals surface area contributed by atoms with Gasteiger partial charge in [-0.25, -0.2) is 17.2 Å². The van der Waals surface area contributed by atoms with E-state index in [1.807, 2.05) is 12.1 Å². The Morgan fingerprint density at radius 1 is 1.12 bits per heavy atom. The second kappa shape index (κ2) is 7.81. The minimum Gasteiger partial charge on any atom is -0.369 e. The van der Waals surface area contributed by atoms with Gasteiger partial charge in [-0.15, -0.1) is 0 Å². The number of nitrogens with zero attached hydrogens (tertiary/aromatic N) is 4. The van der Waals surface area contributed by atoms with Gasteiger partial charge < -0.3 is 16.4 Å². The number of aromatic nitrogens is 2. The van der Waals surface area contributed by atoms with Gasteiger partial charge in [0.2, 0.25) is 0 Å². The number of rotatable bonds is 3. The fourth-order valence-electron chi connectivity index (χ4n) is 4.39. The zero-order valence-corrected chi connectivity index (χ0v) is 18.1. The lowest BCUT2D eigenvalue weighted by Gasteiger charge is -2.38. The number of para-hydroxylation sites is 1. The standard InChI is InChI=1S/C21H21F2N7O2S/c22-16-6-5-14(10-17(16)23)33(31,32)29-8-7-13(9-12-3-1-2-4-18(12)29)30-19(24)15-11-26-28-20(15)27-21(30)25/h1-6,10-11,13,19H,7-9,24H2,(H3,25,26,27,28). The van der Waals surface area contributed by atoms with E-state index in [1.165, 1.54) is 4.31 Å². The molecular formula is C21H21F2N7O2S. The number of aromatic amines is 1. The highest BCUT2D eigenvalue weighted by atomic mass is 32.2. The van der Waals surface area contributed by atoms with Crippen LogP contribution in [-0.4, -0.2) is 42.1 Å². The van der Waals surface area contributed by atoms with Crippen molar-refractivity contribution >= 4 is 27.5 Å². The summed E-state index contributed by atoms with van der Waals surface area (Å²) in [7, 11) is -4.16. The van der Waals surface area contributed by atoms with Crippen molar-refractivity contribution in [3.63, 3.8) is 0 Å². The van der Waals surface area contributed by atoms with Gasteiger partial charge >= 0.3 is 0 Å². The Hall–Kier alpha value is -3.51. The molecule has 12 heteroatoms. The number of sulfonamides is 1. The SMILES string of the molecule is NC1=Nc2[nH]ncc2C(N)N1C1CCN(S(=O)(=O)c2ccc(F)c(F)c2)c2ccccc2C1. The van der Waals surface area contributed by atoms with Crippen molar-refractivity contribution in [2.45, 2.75) is 29.9 Å². The molecule has 0 bridgehead atoms. The van der Waals surface area contributed by atoms with E-state index in [9.17, 15) is 17.2 Å². The third-order valence-corrected chi connectivity index (χ3v) is 7.82. The quantitative estimate of drug-likeness (QED) is 0.534. The Balaban J connectivity index is 1.53. The summed E-state index contributed by atoms with van der Waals surface area (Å²) in [6.45, 7) is 0.0811. The number of aliphatic imine (C=N–C) groups is 1. The highest BCUT2D eigenvalue weighted by Gasteiger charge is 2.37. The van der Waals surface area contributed by atoms with Gasteiger partial charge in [-0.05, 0) is 42.7 Å². The number of hydrogen-bond acceptors (Lipinski definition) is 7. The third-order valence-electron chi connectivity index (χ3n) is 6.01. The Bertz CT molecular complexity index is 1360. The molecule has 9 nitrogen and oxygen atoms in total. The molecule has 0 fully saturated rings. The van der Waals surface area contributed by atoms with Gasteiger partial charge in [-0.1, -0.05) is 18.2 Å². The molecule has 2 unspecified atom stereocenters. The van der Waals surface area contributed by atoms with Crippen LogP contribution in [0, 0.1) is 11.6 Å². The number of fused-ring (bicyclic) bond motifs is 2. The number of halogens is 2. The van der Waals surface area contributed by atoms with E-state index in [0.717, 1.165) is 17.7 Å². The van der Waals surface area contributed by atoms with Gasteiger partial charge in [0.15, 0.2) is 23.4 Å². The number of benzene rings is 2. The van der Waals surface area contributed by atoms with Gasteiger partial charge in [-0.3, -0.25) is 9.40 Å². The van der Waals surface area contributed by atoms with Crippen LogP contribution >= 0.6 is 0 Å². The predicted molar refractivity (Wildman–Crippen MR) is 118 cm³/mol. The largest absolute Gasteiger partial charge is 0.369 e. The van der Waals surface area contributed by atoms with E-state index in [4.69, 9.17) is 11.5 Å². The fraction of sp³-hybridized carbons (Fsp3) is 0.238. The smallest absolute Gasteiger partial charge is 0.264 e. The first-order valence-corrected chi connectivity index (χ1v) is 11.7. The second-order valence-corrected chi connectivity index (χ2v) is 9.79. The molecule has 5 N–H and O–H groups in total. The average Bonchev–Trinajstić information content (AvgIpc) is 3.16. The maximum Gasteiger partial charge on any atom is 0.264 e. The summed E-state index contributed by atoms with van der Waals surface area (Å²) in [5, 5.41) is 6.73. The molecule has 0 radical (unpaired) electrons. The molecule has 0 amide bonds. The fourth-order valence-corrected chi connectivity index (χ4v) is 5.92. The lowest BCUT2D eigenvalue weighted by atomic mass is 10.0. The maximum absolute atomic E-state index is 13.8. The molecule has 2 aromatic carbocycles. The van der Waals surface area contributed by atoms with Crippen LogP contribution in [-0.2, 0) is 16.4 Å². The number of guanidine groups is 1. The minimum atomic E-state index is -4.16. The molecule has 0 aliphatic carbocycles. The molecule has 0 spiro atoms. The van der Waals surface area contributed by atoms with E-state index < -0.39 is 27.8 Å². The third kappa shape index (κ3) is 3.51. The molecule has 2 atom stereocenters. The number of H-pyrrole nitrogens is 1. The molecule has 33 heavy (non-hydrogen) atoms. The predicted octanol–water partition coefficient (Wildman–Crippen LogP) is 2.12. The summed E-state index contributed by atoms with van der Waals surface area (Å²) in [4.78, 5) is 5.79. The minimum absolute atomic E-state index is 0.0811. The lowest BCUT2D eigenvalue weighted by molar-refractivity contribution is 0.226. The summed E-state index contributed by atoms with van der Waals surface area (Å²) in [5.41, 5.74) is 14.6. The van der Waals surface area contributed by atoms with E-state index >= 15 is 0 Å². The van der Waals surface area contributed by atoms with E-state index in [2.05, 4.69) is 15.2 Å². The molecule has 0 saturated heterocycles. The summed E-state index contributed by atoms with van der Waals surface area (Å²) in [6, 6.07) is 9.36. The van der Waals surface area contributed by atoms with Crippen molar-refractivity contribution in [3.05, 3.63) is 71.4 Å². The van der Waals surface area contributed by atoms with Crippen LogP contribution in [0.4, 0.5) is 20.3 Å². The Morgan fingerprint density at radius 2 is 1.91 bits per heavy atom. The van der Waals surface area contributed by atoms with E-state index in [0.29, 0.717) is 36.0 Å². The first-order chi connectivity index (χ1) is 15.8. The highest BCUT2D eigenvalue weighted by molar-refractivity contribution is 7.92. The first kappa shape index (κ1) is 21.3. The average molecular weight is 474 g/mol. The summed E-state index contributed by atoms with van der Waals surface area (Å²) in [6.07, 6.45) is 1.81. The highest BCUT2D eigenvalue weighted by Crippen LogP contribution is 2.36. The molecule has 172 valence electrons. The van der Waals surface area contributed by atoms with Crippen molar-refractivity contribution < 1.29 is 17.2 Å². The second-order valence-electron chi connectivity index (χ2n) is 7.92. The van der Waals surface area contributed by atoms with Crippen LogP contribution < -0.4 is 15.8 Å². The Labute approximate surface area is 188 Å². The van der Waals surface area contributed by atoms with Gasteiger partial charge in [0.25, 0.3) is 10.0 Å². The zero-order valence-electron chi connectivity index (χ0n) is 17.3. The van der Waals surface area contributed by atoms with Crippen LogP contribution in [0.5, 0.6) is 0 Å². The van der Waals surface area contributed by atoms with Crippen molar-refractivity contribution in [2.24, 2.45) is 16.5 Å². The van der Waals surface area contributed by atoms with Crippen LogP contribution in [0.15, 0.2) is 58.5 Å². The Morgan fingerprint density at radius 3 is 2.70 bits per heavy atom. The molecule has 1 aromatic heterocycles. The molecule has 3 heterocycles. The normalized spacial score (nSPS) is 20.6. The first-order valence-electron chi connectivity index (χ1n) is 10.2. The maximum atomic E-state index is 13.8. The molecule has 3 aromatic rings. The Kier molecular flexibility index (Phi) is 5.05. The van der Waals surface area contributed by atoms with Gasteiger partial charge in [0.1, 0.15) is 6.17 Å². The molecule has 2 aliphatic heterocycles. The van der Waals surface area contributed by atoms with Crippen LogP contribution in [0.25, 0.3) is 0 Å². The summed E-state index contributed by atoms with van der Waals surface area (Å²) >= 11 is 0. The lowest BCUT2D eigenvalue weighted by Crippen LogP contribution is -2.52. The summed E-state index contributed by atoms with van der Waals surface area (Å²) < 4.78 is 55.4. The summed E-state index contributed by atoms with van der Waals surface area (Å²) in [5.74, 6) is -1.64. The molecule has 2 aliphatic rings. The van der Waals surface area contributed by atoms with Crippen molar-refractivity contribution in [3.8, 4) is 0 Å². The molecule has 0 saturated carbocycles. The monoisotopic (exact) mass is 473 g/mol. The topological polar surface area (TPSA) is 134 Å². The van der Waals surface area contributed by atoms with Crippen molar-refractivity contribution in [1.29, 1.82) is 0 Å². The van der Waals surface area contributed by atoms with Crippen LogP contribution in [0.2, 0.25) is 0 Å². The van der Waals surface area contributed by atoms with Gasteiger partial charge in [0, 0.05) is 12.6 Å². The number of nitrogens with one attached hydrogen (secondary N) is 1. The van der Waals surface area contributed by atoms with Gasteiger partial charge in [-0.2, -0.15) is 10.1 Å². The van der Waals surface area contributed by atoms with Crippen molar-refractivity contribution in [1.82, 2.24) is 15.1 Å². The van der Waals surface area contributed by atoms with E-state index in [1.54, 1.807) is 23.2 Å².